The van der Waals surface area contributed by atoms with Crippen LogP contribution in [-0.4, -0.2) is 17.1 Å². The van der Waals surface area contributed by atoms with Crippen molar-refractivity contribution in [1.82, 2.24) is 5.32 Å². The summed E-state index contributed by atoms with van der Waals surface area (Å²) in [5, 5.41) is 12.3. The topological polar surface area (TPSA) is 62.5 Å². The number of rotatable bonds is 4. The smallest absolute Gasteiger partial charge is 0.306 e. The summed E-state index contributed by atoms with van der Waals surface area (Å²) < 4.78 is 5.48. The second kappa shape index (κ2) is 5.36. The highest BCUT2D eigenvalue weighted by Crippen LogP contribution is 2.24. The first-order valence-electron chi connectivity index (χ1n) is 6.16. The van der Waals surface area contributed by atoms with Crippen LogP contribution in [0.15, 0.2) is 16.5 Å². The van der Waals surface area contributed by atoms with Crippen LogP contribution in [0.1, 0.15) is 37.2 Å². The Hall–Kier alpha value is -1.29. The molecule has 0 aromatic carbocycles. The van der Waals surface area contributed by atoms with Crippen molar-refractivity contribution in [2.45, 2.75) is 45.2 Å². The molecule has 0 aliphatic heterocycles. The third-order valence-electron chi connectivity index (χ3n) is 3.44. The van der Waals surface area contributed by atoms with E-state index < -0.39 is 5.97 Å². The quantitative estimate of drug-likeness (QED) is 0.843. The van der Waals surface area contributed by atoms with E-state index in [4.69, 9.17) is 9.52 Å². The summed E-state index contributed by atoms with van der Waals surface area (Å²) in [6.45, 7) is 2.66. The van der Waals surface area contributed by atoms with Gasteiger partial charge in [0.25, 0.3) is 0 Å². The lowest BCUT2D eigenvalue weighted by molar-refractivity contribution is -0.142. The predicted molar refractivity (Wildman–Crippen MR) is 63.7 cm³/mol. The largest absolute Gasteiger partial charge is 0.481 e. The van der Waals surface area contributed by atoms with E-state index in [2.05, 4.69) is 5.32 Å². The minimum absolute atomic E-state index is 0.140. The summed E-state index contributed by atoms with van der Waals surface area (Å²) in [5.41, 5.74) is 0. The molecule has 1 aliphatic rings. The molecule has 4 nitrogen and oxygen atoms in total. The Morgan fingerprint density at radius 3 is 2.65 bits per heavy atom. The summed E-state index contributed by atoms with van der Waals surface area (Å²) in [6.07, 6.45) is 3.45. The van der Waals surface area contributed by atoms with Gasteiger partial charge in [-0.2, -0.15) is 0 Å². The summed E-state index contributed by atoms with van der Waals surface area (Å²) in [7, 11) is 0. The maximum Gasteiger partial charge on any atom is 0.306 e. The van der Waals surface area contributed by atoms with Gasteiger partial charge in [0.05, 0.1) is 12.5 Å². The van der Waals surface area contributed by atoms with Crippen molar-refractivity contribution in [3.05, 3.63) is 23.7 Å². The van der Waals surface area contributed by atoms with Gasteiger partial charge in [-0.1, -0.05) is 0 Å². The summed E-state index contributed by atoms with van der Waals surface area (Å²) in [5.74, 6) is 1.09. The van der Waals surface area contributed by atoms with Crippen LogP contribution in [0.5, 0.6) is 0 Å². The average Bonchev–Trinajstić information content (AvgIpc) is 2.73. The van der Waals surface area contributed by atoms with Crippen LogP contribution in [-0.2, 0) is 11.3 Å². The minimum Gasteiger partial charge on any atom is -0.481 e. The van der Waals surface area contributed by atoms with Crippen molar-refractivity contribution in [3.63, 3.8) is 0 Å². The fourth-order valence-electron chi connectivity index (χ4n) is 2.37. The number of carboxylic acids is 1. The number of nitrogens with one attached hydrogen (secondary N) is 1. The molecule has 0 bridgehead atoms. The van der Waals surface area contributed by atoms with Gasteiger partial charge in [-0.3, -0.25) is 4.79 Å². The molecule has 94 valence electrons. The SMILES string of the molecule is Cc1ccc(CNC2CCC(C(=O)O)CC2)o1. The second-order valence-corrected chi connectivity index (χ2v) is 4.78. The lowest BCUT2D eigenvalue weighted by Crippen LogP contribution is -2.34. The van der Waals surface area contributed by atoms with Gasteiger partial charge in [0.1, 0.15) is 11.5 Å². The van der Waals surface area contributed by atoms with Crippen LogP contribution in [0.2, 0.25) is 0 Å². The summed E-state index contributed by atoms with van der Waals surface area (Å²) in [6, 6.07) is 4.36. The highest BCUT2D eigenvalue weighted by molar-refractivity contribution is 5.70. The normalized spacial score (nSPS) is 24.8. The first-order chi connectivity index (χ1) is 8.15. The van der Waals surface area contributed by atoms with E-state index in [0.29, 0.717) is 6.04 Å². The van der Waals surface area contributed by atoms with E-state index >= 15 is 0 Å². The van der Waals surface area contributed by atoms with Crippen LogP contribution in [0.4, 0.5) is 0 Å². The Morgan fingerprint density at radius 1 is 1.41 bits per heavy atom. The van der Waals surface area contributed by atoms with Gasteiger partial charge in [-0.25, -0.2) is 0 Å². The average molecular weight is 237 g/mol. The van der Waals surface area contributed by atoms with Crippen molar-refractivity contribution >= 4 is 5.97 Å². The molecule has 0 amide bonds. The van der Waals surface area contributed by atoms with E-state index in [0.717, 1.165) is 43.7 Å². The fraction of sp³-hybridized carbons (Fsp3) is 0.615. The molecule has 4 heteroatoms. The zero-order chi connectivity index (χ0) is 12.3. The van der Waals surface area contributed by atoms with Crippen LogP contribution >= 0.6 is 0 Å². The zero-order valence-electron chi connectivity index (χ0n) is 10.1. The third kappa shape index (κ3) is 3.33. The van der Waals surface area contributed by atoms with Gasteiger partial charge in [0, 0.05) is 6.04 Å². The van der Waals surface area contributed by atoms with Crippen molar-refractivity contribution in [1.29, 1.82) is 0 Å². The number of hydrogen-bond acceptors (Lipinski definition) is 3. The standard InChI is InChI=1S/C13H19NO3/c1-9-2-7-12(17-9)8-14-11-5-3-10(4-6-11)13(15)16/h2,7,10-11,14H,3-6,8H2,1H3,(H,15,16). The van der Waals surface area contributed by atoms with Crippen molar-refractivity contribution in [3.8, 4) is 0 Å². The van der Waals surface area contributed by atoms with Crippen LogP contribution in [0.25, 0.3) is 0 Å². The lowest BCUT2D eigenvalue weighted by atomic mass is 9.86. The molecule has 1 fully saturated rings. The Balaban J connectivity index is 1.73. The molecule has 1 aliphatic carbocycles. The van der Waals surface area contributed by atoms with E-state index in [1.807, 2.05) is 19.1 Å². The van der Waals surface area contributed by atoms with Crippen molar-refractivity contribution < 1.29 is 14.3 Å². The summed E-state index contributed by atoms with van der Waals surface area (Å²) in [4.78, 5) is 10.8. The molecule has 0 spiro atoms. The molecule has 1 heterocycles. The number of hydrogen-bond donors (Lipinski definition) is 2. The first kappa shape index (κ1) is 12.2. The number of furan rings is 1. The molecule has 1 aromatic heterocycles. The molecular formula is C13H19NO3. The van der Waals surface area contributed by atoms with Crippen molar-refractivity contribution in [2.75, 3.05) is 0 Å². The Bertz CT molecular complexity index is 378. The van der Waals surface area contributed by atoms with E-state index in [1.165, 1.54) is 0 Å². The van der Waals surface area contributed by atoms with Gasteiger partial charge < -0.3 is 14.8 Å². The Kier molecular flexibility index (Phi) is 3.84. The fourth-order valence-corrected chi connectivity index (χ4v) is 2.37. The maximum absolute atomic E-state index is 10.8. The highest BCUT2D eigenvalue weighted by Gasteiger charge is 2.25. The monoisotopic (exact) mass is 237 g/mol. The number of aliphatic carboxylic acids is 1. The molecule has 1 saturated carbocycles. The van der Waals surface area contributed by atoms with E-state index in [9.17, 15) is 4.79 Å². The number of aryl methyl sites for hydroxylation is 1. The first-order valence-corrected chi connectivity index (χ1v) is 6.16. The lowest BCUT2D eigenvalue weighted by Gasteiger charge is -2.26. The van der Waals surface area contributed by atoms with Crippen LogP contribution in [0, 0.1) is 12.8 Å². The molecule has 0 unspecified atom stereocenters. The third-order valence-corrected chi connectivity index (χ3v) is 3.44. The molecule has 0 saturated heterocycles. The van der Waals surface area contributed by atoms with Gasteiger partial charge in [0.15, 0.2) is 0 Å². The Labute approximate surface area is 101 Å². The molecule has 0 radical (unpaired) electrons. The van der Waals surface area contributed by atoms with Gasteiger partial charge >= 0.3 is 5.97 Å². The van der Waals surface area contributed by atoms with E-state index in [-0.39, 0.29) is 5.92 Å². The maximum atomic E-state index is 10.8. The molecular weight excluding hydrogens is 218 g/mol. The molecule has 2 N–H and O–H groups in total. The second-order valence-electron chi connectivity index (χ2n) is 4.78. The van der Waals surface area contributed by atoms with Gasteiger partial charge in [0.2, 0.25) is 0 Å². The van der Waals surface area contributed by atoms with Crippen molar-refractivity contribution in [2.24, 2.45) is 5.92 Å². The number of carbonyl (C=O) groups is 1. The molecule has 1 aromatic rings. The van der Waals surface area contributed by atoms with Crippen LogP contribution in [0.3, 0.4) is 0 Å². The number of carboxylic acid groups (broad SMARTS) is 1. The summed E-state index contributed by atoms with van der Waals surface area (Å²) >= 11 is 0. The Morgan fingerprint density at radius 2 is 2.12 bits per heavy atom. The zero-order valence-corrected chi connectivity index (χ0v) is 10.1. The predicted octanol–water partition coefficient (Wildman–Crippen LogP) is 2.32. The van der Waals surface area contributed by atoms with Gasteiger partial charge in [-0.15, -0.1) is 0 Å². The van der Waals surface area contributed by atoms with Crippen LogP contribution < -0.4 is 5.32 Å². The highest BCUT2D eigenvalue weighted by atomic mass is 16.4. The molecule has 17 heavy (non-hydrogen) atoms. The molecule has 0 atom stereocenters. The minimum atomic E-state index is -0.648. The van der Waals surface area contributed by atoms with Gasteiger partial charge in [-0.05, 0) is 44.7 Å². The van der Waals surface area contributed by atoms with E-state index in [1.54, 1.807) is 0 Å². The molecule has 2 rings (SSSR count).